The van der Waals surface area contributed by atoms with Gasteiger partial charge in [-0.05, 0) is 58.7 Å². The average Bonchev–Trinajstić information content (AvgIpc) is 2.36. The first-order chi connectivity index (χ1) is 8.03. The van der Waals surface area contributed by atoms with Crippen molar-refractivity contribution < 1.29 is 0 Å². The quantitative estimate of drug-likeness (QED) is 0.798. The first-order valence-electron chi connectivity index (χ1n) is 6.83. The minimum atomic E-state index is -0.255. The minimum Gasteiger partial charge on any atom is -0.303 e. The fraction of sp³-hybridized carbons (Fsp3) is 0.929. The summed E-state index contributed by atoms with van der Waals surface area (Å²) in [5, 5.41) is 12.4. The topological polar surface area (TPSA) is 39.1 Å². The average molecular weight is 237 g/mol. The van der Waals surface area contributed by atoms with Gasteiger partial charge in [0.15, 0.2) is 0 Å². The molecule has 0 amide bonds. The van der Waals surface area contributed by atoms with Crippen LogP contribution in [0.5, 0.6) is 0 Å². The van der Waals surface area contributed by atoms with Crippen molar-refractivity contribution in [3.63, 3.8) is 0 Å². The minimum absolute atomic E-state index is 0.255. The molecule has 0 radical (unpaired) electrons. The molecule has 1 fully saturated rings. The number of rotatable bonds is 5. The number of hydrogen-bond donors (Lipinski definition) is 1. The molecule has 0 spiro atoms. The number of hydrogen-bond acceptors (Lipinski definition) is 3. The molecule has 3 nitrogen and oxygen atoms in total. The van der Waals surface area contributed by atoms with Gasteiger partial charge >= 0.3 is 0 Å². The lowest BCUT2D eigenvalue weighted by Crippen LogP contribution is -2.48. The molecular formula is C14H27N3. The molecule has 0 aromatic carbocycles. The maximum absolute atomic E-state index is 9.22. The lowest BCUT2D eigenvalue weighted by atomic mass is 9.80. The van der Waals surface area contributed by atoms with Crippen LogP contribution in [0.1, 0.15) is 46.0 Å². The summed E-state index contributed by atoms with van der Waals surface area (Å²) in [6.45, 7) is 5.73. The van der Waals surface area contributed by atoms with Gasteiger partial charge in [0.05, 0.1) is 6.07 Å². The highest BCUT2D eigenvalue weighted by molar-refractivity contribution is 5.09. The molecule has 0 atom stereocenters. The zero-order valence-corrected chi connectivity index (χ0v) is 11.8. The summed E-state index contributed by atoms with van der Waals surface area (Å²) >= 11 is 0. The Morgan fingerprint density at radius 3 is 2.41 bits per heavy atom. The van der Waals surface area contributed by atoms with Gasteiger partial charge in [-0.25, -0.2) is 0 Å². The highest BCUT2D eigenvalue weighted by Crippen LogP contribution is 2.30. The molecule has 1 N–H and O–H groups in total. The van der Waals surface area contributed by atoms with Crippen LogP contribution in [0.2, 0.25) is 0 Å². The van der Waals surface area contributed by atoms with Crippen LogP contribution in [0, 0.1) is 17.2 Å². The highest BCUT2D eigenvalue weighted by Gasteiger charge is 2.34. The van der Waals surface area contributed by atoms with Gasteiger partial charge in [-0.1, -0.05) is 13.8 Å². The first kappa shape index (κ1) is 14.5. The fourth-order valence-corrected chi connectivity index (χ4v) is 2.60. The second kappa shape index (κ2) is 6.37. The molecule has 1 rings (SSSR count). The van der Waals surface area contributed by atoms with Gasteiger partial charge in [0.2, 0.25) is 0 Å². The van der Waals surface area contributed by atoms with E-state index in [-0.39, 0.29) is 5.54 Å². The summed E-state index contributed by atoms with van der Waals surface area (Å²) < 4.78 is 0. The smallest absolute Gasteiger partial charge is 0.106 e. The van der Waals surface area contributed by atoms with Crippen LogP contribution in [-0.2, 0) is 0 Å². The normalized spacial score (nSPS) is 29.6. The first-order valence-corrected chi connectivity index (χ1v) is 6.83. The molecule has 0 unspecified atom stereocenters. The van der Waals surface area contributed by atoms with E-state index in [0.717, 1.165) is 31.6 Å². The third kappa shape index (κ3) is 3.97. The van der Waals surface area contributed by atoms with Gasteiger partial charge < -0.3 is 10.2 Å². The molecule has 3 heteroatoms. The van der Waals surface area contributed by atoms with Crippen molar-refractivity contribution in [3.8, 4) is 6.07 Å². The van der Waals surface area contributed by atoms with E-state index < -0.39 is 0 Å². The van der Waals surface area contributed by atoms with Crippen molar-refractivity contribution in [1.82, 2.24) is 10.2 Å². The Kier molecular flexibility index (Phi) is 5.42. The van der Waals surface area contributed by atoms with Gasteiger partial charge in [0, 0.05) is 6.04 Å². The molecule has 0 bridgehead atoms. The van der Waals surface area contributed by atoms with Gasteiger partial charge in [-0.3, -0.25) is 0 Å². The number of nitriles is 1. The zero-order valence-electron chi connectivity index (χ0n) is 11.8. The fourth-order valence-electron chi connectivity index (χ4n) is 2.60. The van der Waals surface area contributed by atoms with Crippen LogP contribution in [0.4, 0.5) is 0 Å². The highest BCUT2D eigenvalue weighted by atomic mass is 15.1. The van der Waals surface area contributed by atoms with E-state index in [1.807, 2.05) is 7.05 Å². The lowest BCUT2D eigenvalue weighted by Gasteiger charge is -2.38. The van der Waals surface area contributed by atoms with Crippen LogP contribution < -0.4 is 5.32 Å². The van der Waals surface area contributed by atoms with E-state index in [4.69, 9.17) is 0 Å². The van der Waals surface area contributed by atoms with Crippen molar-refractivity contribution in [2.45, 2.75) is 57.5 Å². The molecule has 1 aliphatic carbocycles. The Morgan fingerprint density at radius 2 is 2.00 bits per heavy atom. The number of nitrogens with one attached hydrogen (secondary N) is 1. The van der Waals surface area contributed by atoms with Crippen LogP contribution in [0.3, 0.4) is 0 Å². The molecule has 17 heavy (non-hydrogen) atoms. The molecule has 0 aliphatic heterocycles. The molecule has 0 aromatic heterocycles. The Morgan fingerprint density at radius 1 is 1.41 bits per heavy atom. The van der Waals surface area contributed by atoms with E-state index in [1.165, 1.54) is 13.0 Å². The zero-order chi connectivity index (χ0) is 12.9. The van der Waals surface area contributed by atoms with Gasteiger partial charge in [-0.2, -0.15) is 5.26 Å². The lowest BCUT2D eigenvalue weighted by molar-refractivity contribution is 0.152. The molecule has 0 aromatic rings. The predicted octanol–water partition coefficient (Wildman–Crippen LogP) is 2.39. The summed E-state index contributed by atoms with van der Waals surface area (Å²) in [7, 11) is 4.14. The Bertz CT molecular complexity index is 259. The van der Waals surface area contributed by atoms with Crippen molar-refractivity contribution >= 4 is 0 Å². The molecule has 0 heterocycles. The SMILES string of the molecule is CNC1(C#N)CCC(N(C)CCC(C)C)CC1. The molecular weight excluding hydrogens is 210 g/mol. The van der Waals surface area contributed by atoms with Crippen LogP contribution in [-0.4, -0.2) is 37.1 Å². The van der Waals surface area contributed by atoms with Crippen molar-refractivity contribution in [2.24, 2.45) is 5.92 Å². The van der Waals surface area contributed by atoms with Gasteiger partial charge in [-0.15, -0.1) is 0 Å². The summed E-state index contributed by atoms with van der Waals surface area (Å²) in [5.74, 6) is 0.775. The largest absolute Gasteiger partial charge is 0.303 e. The second-order valence-corrected chi connectivity index (χ2v) is 5.84. The summed E-state index contributed by atoms with van der Waals surface area (Å²) in [5.41, 5.74) is -0.255. The summed E-state index contributed by atoms with van der Waals surface area (Å²) in [6.07, 6.45) is 5.52. The monoisotopic (exact) mass is 237 g/mol. The summed E-state index contributed by atoms with van der Waals surface area (Å²) in [4.78, 5) is 2.48. The maximum Gasteiger partial charge on any atom is 0.106 e. The van der Waals surface area contributed by atoms with Crippen LogP contribution in [0.25, 0.3) is 0 Å². The molecule has 98 valence electrons. The third-order valence-corrected chi connectivity index (χ3v) is 4.18. The maximum atomic E-state index is 9.22. The van der Waals surface area contributed by atoms with E-state index >= 15 is 0 Å². The predicted molar refractivity (Wildman–Crippen MR) is 71.7 cm³/mol. The Hall–Kier alpha value is -0.590. The Balaban J connectivity index is 2.39. The molecule has 0 saturated heterocycles. The van der Waals surface area contributed by atoms with E-state index in [1.54, 1.807) is 0 Å². The molecule has 1 saturated carbocycles. The van der Waals surface area contributed by atoms with E-state index in [9.17, 15) is 5.26 Å². The van der Waals surface area contributed by atoms with Crippen LogP contribution in [0.15, 0.2) is 0 Å². The van der Waals surface area contributed by atoms with Crippen molar-refractivity contribution in [1.29, 1.82) is 5.26 Å². The van der Waals surface area contributed by atoms with Gasteiger partial charge in [0.25, 0.3) is 0 Å². The standard InChI is InChI=1S/C14H27N3/c1-12(2)7-10-17(4)13-5-8-14(11-15,16-3)9-6-13/h12-13,16H,5-10H2,1-4H3. The summed E-state index contributed by atoms with van der Waals surface area (Å²) in [6, 6.07) is 3.12. The third-order valence-electron chi connectivity index (χ3n) is 4.18. The van der Waals surface area contributed by atoms with Crippen molar-refractivity contribution in [3.05, 3.63) is 0 Å². The van der Waals surface area contributed by atoms with E-state index in [0.29, 0.717) is 6.04 Å². The van der Waals surface area contributed by atoms with Crippen molar-refractivity contribution in [2.75, 3.05) is 20.6 Å². The Labute approximate surface area is 106 Å². The second-order valence-electron chi connectivity index (χ2n) is 5.84. The van der Waals surface area contributed by atoms with Gasteiger partial charge in [0.1, 0.15) is 5.54 Å². The molecule has 1 aliphatic rings. The number of nitrogens with zero attached hydrogens (tertiary/aromatic N) is 2. The van der Waals surface area contributed by atoms with Crippen LogP contribution >= 0.6 is 0 Å². The van der Waals surface area contributed by atoms with E-state index in [2.05, 4.69) is 37.2 Å².